The summed E-state index contributed by atoms with van der Waals surface area (Å²) in [5.41, 5.74) is 4.87. The molecule has 2 N–H and O–H groups in total. The average molecular weight is 344 g/mol. The Morgan fingerprint density at radius 1 is 1.17 bits per heavy atom. The Kier molecular flexibility index (Phi) is 3.87. The number of nitrogens with one attached hydrogen (secondary N) is 2. The van der Waals surface area contributed by atoms with Crippen LogP contribution >= 0.6 is 12.4 Å². The van der Waals surface area contributed by atoms with Crippen LogP contribution in [0.5, 0.6) is 0 Å². The quantitative estimate of drug-likeness (QED) is 0.828. The number of nitrogens with zero attached hydrogens (tertiary/aromatic N) is 1. The van der Waals surface area contributed by atoms with Gasteiger partial charge < -0.3 is 10.3 Å². The molecular formula is C20H26ClN3. The Balaban J connectivity index is 0.00000146. The number of halogens is 1. The van der Waals surface area contributed by atoms with Crippen LogP contribution in [-0.4, -0.2) is 16.2 Å². The molecule has 0 atom stereocenters. The lowest BCUT2D eigenvalue weighted by Crippen LogP contribution is -2.56. The van der Waals surface area contributed by atoms with Gasteiger partial charge in [-0.25, -0.2) is 4.99 Å². The first-order chi connectivity index (χ1) is 11.2. The van der Waals surface area contributed by atoms with Crippen molar-refractivity contribution in [1.82, 2.24) is 10.3 Å². The summed E-state index contributed by atoms with van der Waals surface area (Å²) in [4.78, 5) is 8.08. The molecule has 4 saturated carbocycles. The van der Waals surface area contributed by atoms with E-state index in [-0.39, 0.29) is 12.4 Å². The van der Waals surface area contributed by atoms with E-state index in [1.165, 1.54) is 44.1 Å². The molecular weight excluding hydrogens is 318 g/mol. The van der Waals surface area contributed by atoms with E-state index in [4.69, 9.17) is 4.99 Å². The highest BCUT2D eigenvalue weighted by atomic mass is 35.5. The second kappa shape index (κ2) is 5.80. The first kappa shape index (κ1) is 16.0. The molecule has 4 fully saturated rings. The van der Waals surface area contributed by atoms with Crippen LogP contribution < -0.4 is 5.32 Å². The molecule has 5 aliphatic rings. The molecule has 6 rings (SSSR count). The molecule has 4 bridgehead atoms. The zero-order valence-electron chi connectivity index (χ0n) is 14.2. The third-order valence-corrected chi connectivity index (χ3v) is 6.40. The van der Waals surface area contributed by atoms with Crippen LogP contribution in [0.2, 0.25) is 0 Å². The third kappa shape index (κ3) is 2.63. The number of aromatic nitrogens is 1. The predicted octanol–water partition coefficient (Wildman–Crippen LogP) is 4.59. The third-order valence-electron chi connectivity index (χ3n) is 6.40. The zero-order valence-corrected chi connectivity index (χ0v) is 15.0. The minimum atomic E-state index is 0. The van der Waals surface area contributed by atoms with Gasteiger partial charge >= 0.3 is 0 Å². The van der Waals surface area contributed by atoms with Crippen LogP contribution in [-0.2, 0) is 0 Å². The first-order valence-electron chi connectivity index (χ1n) is 9.08. The molecule has 1 aromatic heterocycles. The van der Waals surface area contributed by atoms with Crippen LogP contribution in [0.1, 0.15) is 51.1 Å². The Labute approximate surface area is 150 Å². The van der Waals surface area contributed by atoms with Gasteiger partial charge in [0.1, 0.15) is 0 Å². The van der Waals surface area contributed by atoms with Gasteiger partial charge in [-0.05, 0) is 87.0 Å². The van der Waals surface area contributed by atoms with Gasteiger partial charge in [0.2, 0.25) is 0 Å². The normalized spacial score (nSPS) is 38.0. The first-order valence-corrected chi connectivity index (χ1v) is 9.08. The predicted molar refractivity (Wildman–Crippen MR) is 100 cm³/mol. The molecule has 0 spiro atoms. The summed E-state index contributed by atoms with van der Waals surface area (Å²) in [6.45, 7) is 2.14. The summed E-state index contributed by atoms with van der Waals surface area (Å²) < 4.78 is 0. The van der Waals surface area contributed by atoms with Gasteiger partial charge in [0.25, 0.3) is 0 Å². The van der Waals surface area contributed by atoms with Gasteiger partial charge in [0.05, 0.1) is 17.1 Å². The Morgan fingerprint density at radius 2 is 1.83 bits per heavy atom. The largest absolute Gasteiger partial charge is 0.384 e. The number of H-pyrrole nitrogens is 1. The van der Waals surface area contributed by atoms with Crippen molar-refractivity contribution in [1.29, 1.82) is 0 Å². The summed E-state index contributed by atoms with van der Waals surface area (Å²) in [6.07, 6.45) is 14.9. The molecule has 128 valence electrons. The molecule has 2 heterocycles. The maximum Gasteiger partial charge on any atom is 0.0902 e. The lowest BCUT2D eigenvalue weighted by molar-refractivity contribution is -0.0130. The molecule has 0 aromatic carbocycles. The van der Waals surface area contributed by atoms with Crippen molar-refractivity contribution < 1.29 is 0 Å². The average Bonchev–Trinajstić information content (AvgIpc) is 3.13. The van der Waals surface area contributed by atoms with Gasteiger partial charge in [-0.2, -0.15) is 0 Å². The van der Waals surface area contributed by atoms with Crippen LogP contribution in [0.25, 0.3) is 0 Å². The van der Waals surface area contributed by atoms with Gasteiger partial charge in [0, 0.05) is 17.9 Å². The molecule has 1 aromatic rings. The van der Waals surface area contributed by atoms with Crippen molar-refractivity contribution in [2.75, 3.05) is 0 Å². The van der Waals surface area contributed by atoms with E-state index in [0.717, 1.165) is 34.9 Å². The van der Waals surface area contributed by atoms with Crippen LogP contribution in [0, 0.1) is 17.8 Å². The summed E-state index contributed by atoms with van der Waals surface area (Å²) in [7, 11) is 0. The number of hydrogen-bond acceptors (Lipinski definition) is 2. The Morgan fingerprint density at radius 3 is 2.42 bits per heavy atom. The van der Waals surface area contributed by atoms with Gasteiger partial charge in [-0.3, -0.25) is 0 Å². The fourth-order valence-corrected chi connectivity index (χ4v) is 5.88. The van der Waals surface area contributed by atoms with E-state index in [1.807, 2.05) is 12.3 Å². The monoisotopic (exact) mass is 343 g/mol. The summed E-state index contributed by atoms with van der Waals surface area (Å²) >= 11 is 0. The molecule has 0 amide bonds. The summed E-state index contributed by atoms with van der Waals surface area (Å²) in [5.74, 6) is 2.93. The lowest BCUT2D eigenvalue weighted by atomic mass is 9.53. The second-order valence-corrected chi connectivity index (χ2v) is 8.28. The molecule has 4 heteroatoms. The smallest absolute Gasteiger partial charge is 0.0902 e. The second-order valence-electron chi connectivity index (χ2n) is 8.28. The van der Waals surface area contributed by atoms with Crippen molar-refractivity contribution in [2.24, 2.45) is 22.7 Å². The van der Waals surface area contributed by atoms with Crippen LogP contribution in [0.3, 0.4) is 0 Å². The van der Waals surface area contributed by atoms with Crippen molar-refractivity contribution in [2.45, 2.75) is 51.0 Å². The van der Waals surface area contributed by atoms with E-state index < -0.39 is 0 Å². The maximum atomic E-state index is 4.82. The Bertz CT molecular complexity index is 676. The van der Waals surface area contributed by atoms with E-state index in [9.17, 15) is 0 Å². The fraction of sp³-hybridized carbons (Fsp3) is 0.550. The molecule has 0 radical (unpaired) electrons. The van der Waals surface area contributed by atoms with Crippen LogP contribution in [0.4, 0.5) is 0 Å². The molecule has 24 heavy (non-hydrogen) atoms. The highest BCUT2D eigenvalue weighted by Crippen LogP contribution is 2.55. The standard InChI is InChI=1S/C20H25N3.ClH/c1-13-5-17(23-19(13)18-3-2-4-21-18)12-22-20-9-14-6-15(10-20)8-16(7-14)11-20;/h2-5,12,14-16,21-22H,6-11H2,1H3;1H. The van der Waals surface area contributed by atoms with E-state index in [1.54, 1.807) is 0 Å². The molecule has 3 nitrogen and oxygen atoms in total. The molecule has 4 aliphatic carbocycles. The molecule has 0 saturated heterocycles. The topological polar surface area (TPSA) is 40.2 Å². The van der Waals surface area contributed by atoms with E-state index in [0.29, 0.717) is 5.54 Å². The number of allylic oxidation sites excluding steroid dienone is 2. The maximum absolute atomic E-state index is 4.82. The minimum Gasteiger partial charge on any atom is -0.384 e. The number of hydrogen-bond donors (Lipinski definition) is 2. The minimum absolute atomic E-state index is 0. The van der Waals surface area contributed by atoms with Crippen LogP contribution in [0.15, 0.2) is 46.9 Å². The lowest BCUT2D eigenvalue weighted by Gasteiger charge is -2.56. The highest BCUT2D eigenvalue weighted by Gasteiger charge is 2.50. The highest BCUT2D eigenvalue weighted by molar-refractivity contribution is 6.13. The van der Waals surface area contributed by atoms with Gasteiger partial charge in [-0.1, -0.05) is 0 Å². The summed E-state index contributed by atoms with van der Waals surface area (Å²) in [5, 5.41) is 3.83. The van der Waals surface area contributed by atoms with Crippen molar-refractivity contribution >= 4 is 18.1 Å². The van der Waals surface area contributed by atoms with Crippen molar-refractivity contribution in [3.63, 3.8) is 0 Å². The van der Waals surface area contributed by atoms with Gasteiger partial charge in [0.15, 0.2) is 0 Å². The van der Waals surface area contributed by atoms with Crippen molar-refractivity contribution in [3.05, 3.63) is 47.6 Å². The SMILES string of the molecule is CC1=CC(=CNC23CC4CC(CC(C4)C2)C3)N=C1c1ccc[nH]1.Cl. The van der Waals surface area contributed by atoms with Gasteiger partial charge in [-0.15, -0.1) is 12.4 Å². The van der Waals surface area contributed by atoms with E-state index in [2.05, 4.69) is 35.6 Å². The molecule has 0 unspecified atom stereocenters. The summed E-state index contributed by atoms with van der Waals surface area (Å²) in [6, 6.07) is 4.12. The number of aromatic amines is 1. The fourth-order valence-electron chi connectivity index (χ4n) is 5.88. The van der Waals surface area contributed by atoms with Crippen molar-refractivity contribution in [3.8, 4) is 0 Å². The molecule has 1 aliphatic heterocycles. The zero-order chi connectivity index (χ0) is 15.4. The number of aliphatic imine (C=N–C) groups is 1. The Hall–Kier alpha value is -1.48. The van der Waals surface area contributed by atoms with E-state index >= 15 is 0 Å². The number of rotatable bonds is 3.